The van der Waals surface area contributed by atoms with Gasteiger partial charge in [0.25, 0.3) is 10.2 Å². The summed E-state index contributed by atoms with van der Waals surface area (Å²) >= 11 is 0. The molecule has 0 bridgehead atoms. The van der Waals surface area contributed by atoms with Crippen molar-refractivity contribution in [2.24, 2.45) is 0 Å². The maximum absolute atomic E-state index is 11.6. The topological polar surface area (TPSA) is 78.4 Å². The van der Waals surface area contributed by atoms with Gasteiger partial charge in [-0.25, -0.2) is 0 Å². The van der Waals surface area contributed by atoms with Crippen molar-refractivity contribution in [3.8, 4) is 11.8 Å². The third-order valence-electron chi connectivity index (χ3n) is 2.13. The average Bonchev–Trinajstić information content (AvgIpc) is 2.29. The number of hydrogen-bond donors (Lipinski definition) is 3. The van der Waals surface area contributed by atoms with Gasteiger partial charge in [-0.1, -0.05) is 24.8 Å². The molecule has 6 heteroatoms. The smallest absolute Gasteiger partial charge is 0.299 e. The SMILES string of the molecule is CCNS(=O)(=O)Nc1cc(C#CCO)ccc1C. The lowest BCUT2D eigenvalue weighted by Gasteiger charge is -2.10. The number of nitrogens with one attached hydrogen (secondary N) is 2. The number of rotatable bonds is 4. The quantitative estimate of drug-likeness (QED) is 0.700. The van der Waals surface area contributed by atoms with Crippen LogP contribution in [0, 0.1) is 18.8 Å². The molecule has 1 rings (SSSR count). The normalized spacial score (nSPS) is 10.6. The summed E-state index contributed by atoms with van der Waals surface area (Å²) in [5.41, 5.74) is 1.91. The maximum atomic E-state index is 11.6. The number of hydrogen-bond acceptors (Lipinski definition) is 3. The number of anilines is 1. The van der Waals surface area contributed by atoms with Crippen molar-refractivity contribution in [3.05, 3.63) is 29.3 Å². The van der Waals surface area contributed by atoms with Gasteiger partial charge in [-0.3, -0.25) is 4.72 Å². The molecule has 0 aliphatic carbocycles. The Morgan fingerprint density at radius 3 is 2.72 bits per heavy atom. The Bertz CT molecular complexity index is 571. The number of benzene rings is 1. The van der Waals surface area contributed by atoms with Crippen LogP contribution in [0.4, 0.5) is 5.69 Å². The molecule has 0 saturated carbocycles. The summed E-state index contributed by atoms with van der Waals surface area (Å²) in [6.45, 7) is 3.59. The van der Waals surface area contributed by atoms with Crippen LogP contribution < -0.4 is 9.44 Å². The molecule has 0 aliphatic heterocycles. The predicted molar refractivity (Wildman–Crippen MR) is 71.4 cm³/mol. The highest BCUT2D eigenvalue weighted by Gasteiger charge is 2.09. The molecule has 0 radical (unpaired) electrons. The second-order valence-electron chi connectivity index (χ2n) is 3.59. The molecule has 3 N–H and O–H groups in total. The van der Waals surface area contributed by atoms with Crippen LogP contribution in [0.5, 0.6) is 0 Å². The lowest BCUT2D eigenvalue weighted by molar-refractivity contribution is 0.350. The summed E-state index contributed by atoms with van der Waals surface area (Å²) < 4.78 is 27.9. The Kier molecular flexibility index (Phi) is 5.16. The van der Waals surface area contributed by atoms with Crippen LogP contribution in [-0.2, 0) is 10.2 Å². The first-order chi connectivity index (χ1) is 8.48. The fraction of sp³-hybridized carbons (Fsp3) is 0.333. The van der Waals surface area contributed by atoms with E-state index >= 15 is 0 Å². The van der Waals surface area contributed by atoms with Gasteiger partial charge in [0, 0.05) is 12.1 Å². The van der Waals surface area contributed by atoms with E-state index in [0.717, 1.165) is 5.56 Å². The fourth-order valence-electron chi connectivity index (χ4n) is 1.32. The van der Waals surface area contributed by atoms with Crippen LogP contribution in [0.2, 0.25) is 0 Å². The molecular weight excluding hydrogens is 252 g/mol. The highest BCUT2D eigenvalue weighted by atomic mass is 32.2. The van der Waals surface area contributed by atoms with Crippen molar-refractivity contribution in [2.45, 2.75) is 13.8 Å². The van der Waals surface area contributed by atoms with E-state index in [2.05, 4.69) is 21.3 Å². The molecule has 0 fully saturated rings. The van der Waals surface area contributed by atoms with Crippen molar-refractivity contribution in [3.63, 3.8) is 0 Å². The van der Waals surface area contributed by atoms with Gasteiger partial charge < -0.3 is 5.11 Å². The largest absolute Gasteiger partial charge is 0.384 e. The first-order valence-corrected chi connectivity index (χ1v) is 6.94. The molecular formula is C12H16N2O3S. The summed E-state index contributed by atoms with van der Waals surface area (Å²) in [6.07, 6.45) is 0. The van der Waals surface area contributed by atoms with E-state index in [-0.39, 0.29) is 6.61 Å². The lowest BCUT2D eigenvalue weighted by Crippen LogP contribution is -2.30. The zero-order valence-corrected chi connectivity index (χ0v) is 11.1. The second kappa shape index (κ2) is 6.40. The van der Waals surface area contributed by atoms with Gasteiger partial charge in [-0.15, -0.1) is 0 Å². The molecule has 0 aliphatic rings. The minimum atomic E-state index is -3.54. The third kappa shape index (κ3) is 4.37. The first kappa shape index (κ1) is 14.5. The van der Waals surface area contributed by atoms with Crippen molar-refractivity contribution < 1.29 is 13.5 Å². The predicted octanol–water partition coefficient (Wildman–Crippen LogP) is 0.605. The van der Waals surface area contributed by atoms with Gasteiger partial charge >= 0.3 is 0 Å². The number of aliphatic hydroxyl groups is 1. The molecule has 18 heavy (non-hydrogen) atoms. The van der Waals surface area contributed by atoms with Crippen molar-refractivity contribution >= 4 is 15.9 Å². The number of aryl methyl sites for hydroxylation is 1. The summed E-state index contributed by atoms with van der Waals surface area (Å²) in [4.78, 5) is 0. The first-order valence-electron chi connectivity index (χ1n) is 5.46. The highest BCUT2D eigenvalue weighted by molar-refractivity contribution is 7.90. The summed E-state index contributed by atoms with van der Waals surface area (Å²) in [5, 5.41) is 8.61. The van der Waals surface area contributed by atoms with Crippen LogP contribution in [0.25, 0.3) is 0 Å². The molecule has 98 valence electrons. The standard InChI is InChI=1S/C12H16N2O3S/c1-3-13-18(16,17)14-12-9-11(5-4-8-15)7-6-10(12)2/h6-7,9,13-15H,3,8H2,1-2H3. The van der Waals surface area contributed by atoms with Crippen LogP contribution in [0.15, 0.2) is 18.2 Å². The minimum Gasteiger partial charge on any atom is -0.384 e. The van der Waals surface area contributed by atoms with Crippen LogP contribution in [-0.4, -0.2) is 26.7 Å². The maximum Gasteiger partial charge on any atom is 0.299 e. The van der Waals surface area contributed by atoms with E-state index in [1.807, 2.05) is 0 Å². The van der Waals surface area contributed by atoms with Gasteiger partial charge in [0.1, 0.15) is 6.61 Å². The molecule has 1 aromatic carbocycles. The highest BCUT2D eigenvalue weighted by Crippen LogP contribution is 2.17. The molecule has 0 atom stereocenters. The Morgan fingerprint density at radius 1 is 1.39 bits per heavy atom. The monoisotopic (exact) mass is 268 g/mol. The molecule has 0 unspecified atom stereocenters. The van der Waals surface area contributed by atoms with Crippen molar-refractivity contribution in [1.29, 1.82) is 0 Å². The lowest BCUT2D eigenvalue weighted by atomic mass is 10.1. The van der Waals surface area contributed by atoms with Gasteiger partial charge in [-0.05, 0) is 24.6 Å². The van der Waals surface area contributed by atoms with Crippen LogP contribution in [0.1, 0.15) is 18.1 Å². The van der Waals surface area contributed by atoms with E-state index in [4.69, 9.17) is 5.11 Å². The summed E-state index contributed by atoms with van der Waals surface area (Å²) in [7, 11) is -3.54. The summed E-state index contributed by atoms with van der Waals surface area (Å²) in [6, 6.07) is 5.17. The molecule has 0 saturated heterocycles. The van der Waals surface area contributed by atoms with Gasteiger partial charge in [-0.2, -0.15) is 13.1 Å². The van der Waals surface area contributed by atoms with Gasteiger partial charge in [0.2, 0.25) is 0 Å². The zero-order valence-electron chi connectivity index (χ0n) is 10.3. The fourth-order valence-corrected chi connectivity index (χ4v) is 2.28. The zero-order chi connectivity index (χ0) is 13.6. The Hall–Kier alpha value is -1.55. The van der Waals surface area contributed by atoms with E-state index in [1.165, 1.54) is 0 Å². The molecule has 0 amide bonds. The van der Waals surface area contributed by atoms with E-state index in [9.17, 15) is 8.42 Å². The van der Waals surface area contributed by atoms with Crippen LogP contribution in [0.3, 0.4) is 0 Å². The van der Waals surface area contributed by atoms with Crippen LogP contribution >= 0.6 is 0 Å². The molecule has 5 nitrogen and oxygen atoms in total. The number of aliphatic hydroxyl groups excluding tert-OH is 1. The Labute approximate surface area is 107 Å². The molecule has 0 aromatic heterocycles. The van der Waals surface area contributed by atoms with Gasteiger partial charge in [0.15, 0.2) is 0 Å². The Morgan fingerprint density at radius 2 is 2.11 bits per heavy atom. The summed E-state index contributed by atoms with van der Waals surface area (Å²) in [5.74, 6) is 5.24. The van der Waals surface area contributed by atoms with E-state index in [0.29, 0.717) is 17.8 Å². The molecule has 1 aromatic rings. The Balaban J connectivity index is 3.01. The van der Waals surface area contributed by atoms with Crippen molar-refractivity contribution in [2.75, 3.05) is 17.9 Å². The van der Waals surface area contributed by atoms with E-state index in [1.54, 1.807) is 32.0 Å². The van der Waals surface area contributed by atoms with E-state index < -0.39 is 10.2 Å². The van der Waals surface area contributed by atoms with Gasteiger partial charge in [0.05, 0.1) is 5.69 Å². The third-order valence-corrected chi connectivity index (χ3v) is 3.29. The minimum absolute atomic E-state index is 0.230. The van der Waals surface area contributed by atoms with Crippen molar-refractivity contribution in [1.82, 2.24) is 4.72 Å². The average molecular weight is 268 g/mol. The molecule has 0 heterocycles. The molecule has 0 spiro atoms. The second-order valence-corrected chi connectivity index (χ2v) is 5.09.